The Bertz CT molecular complexity index is 1880. The largest absolute Gasteiger partial charge is 0.510 e. The van der Waals surface area contributed by atoms with E-state index >= 15 is 0 Å². The zero-order chi connectivity index (χ0) is 44.9. The van der Waals surface area contributed by atoms with E-state index in [-0.39, 0.29) is 56.0 Å². The maximum atomic E-state index is 15.0. The molecule has 0 bridgehead atoms. The van der Waals surface area contributed by atoms with Crippen LogP contribution in [0.3, 0.4) is 0 Å². The standard InChI is InChI=1S/C42H59N6O14P/c1-28(57-41(53)59-31-15-9-5-10-16-31)61-63(55,62-29(2)58-42(54)60-32-17-11-6-12-18-32)27-35(39(50)46-21-23-47(24-22-46)40(51)52)44-38(49)34-25-36(48-20-19-33(26-48)56-3)45-37(43-34)30-13-7-4-8-14-30/h4,7-8,13-14,25,28-29,31-33,35H,5-6,9-12,15-24,26-27H2,1-3H3,(H,44,49)(H,51,52)/t28?,29?,33-,35-,63?/m0/s1. The first-order valence-electron chi connectivity index (χ1n) is 21.8. The van der Waals surface area contributed by atoms with Gasteiger partial charge in [-0.05, 0) is 71.6 Å². The highest BCUT2D eigenvalue weighted by Gasteiger charge is 2.41. The molecule has 346 valence electrons. The minimum absolute atomic E-state index is 0.0254. The maximum Gasteiger partial charge on any atom is 0.510 e. The van der Waals surface area contributed by atoms with E-state index in [4.69, 9.17) is 37.7 Å². The van der Waals surface area contributed by atoms with Gasteiger partial charge in [-0.3, -0.25) is 23.2 Å². The number of nitrogens with zero attached hydrogens (tertiary/aromatic N) is 5. The van der Waals surface area contributed by atoms with Crippen LogP contribution >= 0.6 is 7.60 Å². The Kier molecular flexibility index (Phi) is 17.0. The van der Waals surface area contributed by atoms with Gasteiger partial charge in [0.2, 0.25) is 18.5 Å². The minimum Gasteiger partial charge on any atom is -0.465 e. The lowest BCUT2D eigenvalue weighted by Gasteiger charge is -2.36. The first kappa shape index (κ1) is 47.4. The van der Waals surface area contributed by atoms with Crippen molar-refractivity contribution in [1.29, 1.82) is 0 Å². The third-order valence-corrected chi connectivity index (χ3v) is 13.5. The summed E-state index contributed by atoms with van der Waals surface area (Å²) in [5.41, 5.74) is 0.507. The van der Waals surface area contributed by atoms with Gasteiger partial charge in [-0.15, -0.1) is 0 Å². The zero-order valence-corrected chi connectivity index (χ0v) is 37.0. The van der Waals surface area contributed by atoms with Crippen LogP contribution in [0.5, 0.6) is 0 Å². The van der Waals surface area contributed by atoms with Crippen molar-refractivity contribution < 1.29 is 66.4 Å². The quantitative estimate of drug-likeness (QED) is 0.109. The summed E-state index contributed by atoms with van der Waals surface area (Å²) in [7, 11) is -3.12. The van der Waals surface area contributed by atoms with Crippen LogP contribution in [0, 0.1) is 0 Å². The number of aromatic nitrogens is 2. The number of hydrogen-bond donors (Lipinski definition) is 2. The molecule has 63 heavy (non-hydrogen) atoms. The van der Waals surface area contributed by atoms with Crippen LogP contribution in [0.25, 0.3) is 11.4 Å². The third kappa shape index (κ3) is 14.0. The molecule has 1 aromatic carbocycles. The molecule has 1 aromatic heterocycles. The highest BCUT2D eigenvalue weighted by Crippen LogP contribution is 2.51. The molecular weight excluding hydrogens is 843 g/mol. The Hall–Kier alpha value is -5.04. The molecule has 3 heterocycles. The third-order valence-electron chi connectivity index (χ3n) is 11.4. The van der Waals surface area contributed by atoms with Crippen molar-refractivity contribution >= 4 is 43.6 Å². The summed E-state index contributed by atoms with van der Waals surface area (Å²) in [5.74, 6) is -0.901. The van der Waals surface area contributed by atoms with Crippen molar-refractivity contribution in [2.24, 2.45) is 0 Å². The molecule has 0 radical (unpaired) electrons. The van der Waals surface area contributed by atoms with Gasteiger partial charge in [-0.2, -0.15) is 0 Å². The number of carboxylic acid groups (broad SMARTS) is 1. The van der Waals surface area contributed by atoms with Crippen LogP contribution in [0.4, 0.5) is 20.2 Å². The molecule has 0 spiro atoms. The molecule has 2 saturated heterocycles. The van der Waals surface area contributed by atoms with Crippen molar-refractivity contribution in [1.82, 2.24) is 25.1 Å². The van der Waals surface area contributed by atoms with Gasteiger partial charge < -0.3 is 48.8 Å². The number of carbonyl (C=O) groups excluding carboxylic acids is 4. The summed E-state index contributed by atoms with van der Waals surface area (Å²) in [6.07, 6.45) is 0.886. The Balaban J connectivity index is 1.28. The number of methoxy groups -OCH3 is 1. The van der Waals surface area contributed by atoms with Gasteiger partial charge in [0, 0.05) is 58.0 Å². The summed E-state index contributed by atoms with van der Waals surface area (Å²) in [6, 6.07) is 8.85. The molecule has 20 nitrogen and oxygen atoms in total. The fourth-order valence-electron chi connectivity index (χ4n) is 8.11. The highest BCUT2D eigenvalue weighted by molar-refractivity contribution is 7.54. The first-order valence-corrected chi connectivity index (χ1v) is 23.5. The van der Waals surface area contributed by atoms with E-state index < -0.39 is 62.6 Å². The highest BCUT2D eigenvalue weighted by atomic mass is 31.2. The number of nitrogens with one attached hydrogen (secondary N) is 1. The number of anilines is 1. The second-order valence-corrected chi connectivity index (χ2v) is 18.2. The molecule has 2 aliphatic carbocycles. The van der Waals surface area contributed by atoms with Crippen LogP contribution in [-0.2, 0) is 42.1 Å². The second kappa shape index (κ2) is 22.5. The average Bonchev–Trinajstić information content (AvgIpc) is 3.76. The SMILES string of the molecule is CO[C@H]1CCN(c2cc(C(=O)N[C@@H](CP(=O)(OC(C)OC(=O)OC3CCCCC3)OC(C)OC(=O)OC3CCCCC3)C(=O)N3CCN(C(=O)O)CC3)nc(-c3ccccc3)n2)C1. The van der Waals surface area contributed by atoms with E-state index in [1.807, 2.05) is 11.0 Å². The molecule has 2 aliphatic heterocycles. The van der Waals surface area contributed by atoms with E-state index in [2.05, 4.69) is 10.3 Å². The molecular formula is C42H59N6O14P. The summed E-state index contributed by atoms with van der Waals surface area (Å²) < 4.78 is 53.8. The fraction of sp³-hybridized carbons (Fsp3) is 0.643. The van der Waals surface area contributed by atoms with E-state index in [1.165, 1.54) is 24.8 Å². The molecule has 2 N–H and O–H groups in total. The van der Waals surface area contributed by atoms with Crippen molar-refractivity contribution in [3.63, 3.8) is 0 Å². The molecule has 4 aliphatic rings. The van der Waals surface area contributed by atoms with Crippen molar-refractivity contribution in [2.45, 2.75) is 121 Å². The summed E-state index contributed by atoms with van der Waals surface area (Å²) in [4.78, 5) is 80.0. The first-order chi connectivity index (χ1) is 30.3. The predicted molar refractivity (Wildman–Crippen MR) is 225 cm³/mol. The lowest BCUT2D eigenvalue weighted by atomic mass is 9.98. The van der Waals surface area contributed by atoms with E-state index in [1.54, 1.807) is 31.4 Å². The molecule has 4 fully saturated rings. The molecule has 6 rings (SSSR count). The Labute approximate surface area is 366 Å². The minimum atomic E-state index is -4.75. The van der Waals surface area contributed by atoms with Crippen LogP contribution in [0.15, 0.2) is 36.4 Å². The number of benzene rings is 1. The van der Waals surface area contributed by atoms with Gasteiger partial charge in [0.05, 0.1) is 12.3 Å². The normalized spacial score (nSPS) is 21.1. The summed E-state index contributed by atoms with van der Waals surface area (Å²) in [6.45, 7) is 3.51. The lowest BCUT2D eigenvalue weighted by molar-refractivity contribution is -0.134. The van der Waals surface area contributed by atoms with E-state index in [0.717, 1.165) is 49.8 Å². The Morgan fingerprint density at radius 1 is 0.762 bits per heavy atom. The number of carbonyl (C=O) groups is 5. The van der Waals surface area contributed by atoms with Gasteiger partial charge in [0.25, 0.3) is 5.91 Å². The van der Waals surface area contributed by atoms with Crippen LogP contribution in [0.1, 0.15) is 95.0 Å². The van der Waals surface area contributed by atoms with Gasteiger partial charge in [-0.25, -0.2) is 24.4 Å². The van der Waals surface area contributed by atoms with Crippen molar-refractivity contribution in [2.75, 3.05) is 57.4 Å². The van der Waals surface area contributed by atoms with Crippen molar-refractivity contribution in [3.05, 3.63) is 42.1 Å². The van der Waals surface area contributed by atoms with Gasteiger partial charge in [-0.1, -0.05) is 43.2 Å². The molecule has 2 saturated carbocycles. The molecule has 21 heteroatoms. The lowest BCUT2D eigenvalue weighted by Crippen LogP contribution is -2.56. The van der Waals surface area contributed by atoms with Gasteiger partial charge in [0.15, 0.2) is 5.82 Å². The Morgan fingerprint density at radius 3 is 1.84 bits per heavy atom. The van der Waals surface area contributed by atoms with E-state index in [9.17, 15) is 33.6 Å². The van der Waals surface area contributed by atoms with Crippen LogP contribution < -0.4 is 10.2 Å². The molecule has 2 unspecified atom stereocenters. The number of amides is 3. The summed E-state index contributed by atoms with van der Waals surface area (Å²) in [5, 5.41) is 12.2. The van der Waals surface area contributed by atoms with Crippen LogP contribution in [0.2, 0.25) is 0 Å². The summed E-state index contributed by atoms with van der Waals surface area (Å²) >= 11 is 0. The average molecular weight is 903 g/mol. The number of hydrogen-bond acceptors (Lipinski definition) is 16. The van der Waals surface area contributed by atoms with Crippen LogP contribution in [-0.4, -0.2) is 145 Å². The second-order valence-electron chi connectivity index (χ2n) is 16.1. The molecule has 4 atom stereocenters. The monoisotopic (exact) mass is 902 g/mol. The topological polar surface area (TPSA) is 235 Å². The van der Waals surface area contributed by atoms with E-state index in [0.29, 0.717) is 50.2 Å². The maximum absolute atomic E-state index is 15.0. The zero-order valence-electron chi connectivity index (χ0n) is 36.1. The Morgan fingerprint density at radius 2 is 1.32 bits per heavy atom. The van der Waals surface area contributed by atoms with Gasteiger partial charge in [0.1, 0.15) is 29.8 Å². The molecule has 2 aromatic rings. The number of ether oxygens (including phenoxy) is 5. The van der Waals surface area contributed by atoms with Crippen molar-refractivity contribution in [3.8, 4) is 11.4 Å². The smallest absolute Gasteiger partial charge is 0.465 e. The predicted octanol–water partition coefficient (Wildman–Crippen LogP) is 6.18. The molecule has 3 amide bonds. The van der Waals surface area contributed by atoms with Gasteiger partial charge >= 0.3 is 26.0 Å². The number of rotatable bonds is 16. The fourth-order valence-corrected chi connectivity index (χ4v) is 10.0. The number of piperazine rings is 1.